The van der Waals surface area contributed by atoms with Crippen molar-refractivity contribution in [3.8, 4) is 11.1 Å². The Hall–Kier alpha value is -5.43. The fourth-order valence-corrected chi connectivity index (χ4v) is 4.57. The maximum Gasteiger partial charge on any atom is 0.430 e. The molecule has 0 spiro atoms. The number of primary sulfonamides is 1. The second-order valence-corrected chi connectivity index (χ2v) is 10.7. The number of rotatable bonds is 8. The first-order valence-corrected chi connectivity index (χ1v) is 13.9. The zero-order chi connectivity index (χ0) is 33.6. The fraction of sp³-hybridized carbons (Fsp3) is 0.192. The van der Waals surface area contributed by atoms with Crippen LogP contribution in [0.4, 0.5) is 19.1 Å². The van der Waals surface area contributed by atoms with Gasteiger partial charge in [0, 0.05) is 35.5 Å². The molecule has 0 saturated carbocycles. The number of nitrogens with zero attached hydrogens (tertiary/aromatic N) is 3. The van der Waals surface area contributed by atoms with Crippen molar-refractivity contribution in [2.45, 2.75) is 29.5 Å². The number of esters is 1. The Morgan fingerprint density at radius 2 is 1.73 bits per heavy atom. The molecule has 238 valence electrons. The molecule has 45 heavy (non-hydrogen) atoms. The zero-order valence-corrected chi connectivity index (χ0v) is 23.9. The number of nitrogens with two attached hydrogens (primary N) is 3. The molecular formula is C26H24F3N7O8S. The van der Waals surface area contributed by atoms with Crippen LogP contribution in [-0.4, -0.2) is 66.7 Å². The third kappa shape index (κ3) is 8.57. The molecule has 1 aliphatic heterocycles. The molecule has 0 fully saturated rings. The Morgan fingerprint density at radius 1 is 1.11 bits per heavy atom. The highest BCUT2D eigenvalue weighted by atomic mass is 32.2. The topological polar surface area (TPSA) is 255 Å². The number of halogens is 3. The monoisotopic (exact) mass is 651 g/mol. The summed E-state index contributed by atoms with van der Waals surface area (Å²) in [6, 6.07) is 13.0. The summed E-state index contributed by atoms with van der Waals surface area (Å²) in [5, 5.41) is 26.3. The van der Waals surface area contributed by atoms with Crippen molar-refractivity contribution in [1.29, 1.82) is 0 Å². The van der Waals surface area contributed by atoms with Crippen LogP contribution in [-0.2, 0) is 34.0 Å². The number of methoxy groups -OCH3 is 1. The highest BCUT2D eigenvalue weighted by Gasteiger charge is 2.49. The minimum atomic E-state index is -5.19. The second kappa shape index (κ2) is 13.5. The van der Waals surface area contributed by atoms with E-state index < -0.39 is 46.1 Å². The van der Waals surface area contributed by atoms with Crippen molar-refractivity contribution < 1.29 is 56.1 Å². The van der Waals surface area contributed by atoms with Crippen LogP contribution in [0, 0.1) is 0 Å². The van der Waals surface area contributed by atoms with Gasteiger partial charge in [-0.2, -0.15) is 13.2 Å². The van der Waals surface area contributed by atoms with Crippen molar-refractivity contribution in [2.24, 2.45) is 16.0 Å². The molecule has 1 aliphatic rings. The molecule has 0 radical (unpaired) electrons. The number of alkyl halides is 3. The summed E-state index contributed by atoms with van der Waals surface area (Å²) in [6.45, 7) is 0. The van der Waals surface area contributed by atoms with Crippen LogP contribution in [0.1, 0.15) is 24.0 Å². The summed E-state index contributed by atoms with van der Waals surface area (Å²) in [6.07, 6.45) is -3.04. The van der Waals surface area contributed by atoms with E-state index in [0.717, 1.165) is 0 Å². The largest absolute Gasteiger partial charge is 0.542 e. The molecule has 19 heteroatoms. The average Bonchev–Trinajstić information content (AvgIpc) is 3.42. The Labute approximate surface area is 252 Å². The molecule has 2 aromatic carbocycles. The lowest BCUT2D eigenvalue weighted by Gasteiger charge is -2.23. The minimum absolute atomic E-state index is 0.0678. The lowest BCUT2D eigenvalue weighted by atomic mass is 9.89. The third-order valence-electron chi connectivity index (χ3n) is 6.00. The Balaban J connectivity index is 0.000000707. The number of benzene rings is 2. The van der Waals surface area contributed by atoms with Gasteiger partial charge in [0.05, 0.1) is 29.7 Å². The van der Waals surface area contributed by atoms with Crippen molar-refractivity contribution in [2.75, 3.05) is 12.4 Å². The fourth-order valence-electron chi connectivity index (χ4n) is 3.81. The van der Waals surface area contributed by atoms with Gasteiger partial charge in [0.15, 0.2) is 0 Å². The van der Waals surface area contributed by atoms with Crippen molar-refractivity contribution >= 4 is 45.4 Å². The van der Waals surface area contributed by atoms with Crippen LogP contribution in [0.15, 0.2) is 71.0 Å². The normalized spacial score (nSPS) is 15.9. The molecule has 1 amide bonds. The van der Waals surface area contributed by atoms with E-state index >= 15 is 0 Å². The van der Waals surface area contributed by atoms with Gasteiger partial charge < -0.3 is 19.5 Å². The SMILES string of the molecule is COC(=O)C[C@@]1(C(=O)Nc2ncc(-c3ccccc3S(N)(=O)=O)cn2)CC(c2cccc(C(N)=[NH2+])c2)=NO1.O=C([O-])C(F)(F)F. The molecule has 15 nitrogen and oxygen atoms in total. The number of aromatic nitrogens is 2. The van der Waals surface area contributed by atoms with Crippen molar-refractivity contribution in [3.05, 3.63) is 72.1 Å². The molecule has 7 N–H and O–H groups in total. The van der Waals surface area contributed by atoms with Gasteiger partial charge in [-0.05, 0) is 18.2 Å². The maximum absolute atomic E-state index is 13.3. The van der Waals surface area contributed by atoms with E-state index in [1.807, 2.05) is 0 Å². The molecule has 0 bridgehead atoms. The van der Waals surface area contributed by atoms with E-state index in [1.165, 1.54) is 31.6 Å². The van der Waals surface area contributed by atoms with E-state index in [2.05, 4.69) is 20.4 Å². The number of hydrogen-bond donors (Lipinski definition) is 4. The number of aliphatic carboxylic acids is 1. The van der Waals surface area contributed by atoms with Crippen LogP contribution >= 0.6 is 0 Å². The van der Waals surface area contributed by atoms with Gasteiger partial charge in [-0.3, -0.25) is 26.0 Å². The highest BCUT2D eigenvalue weighted by molar-refractivity contribution is 7.89. The standard InChI is InChI=1S/C24H23N7O6S.C2HF3O2/c1-36-20(32)11-24(10-18(31-37-24)14-5-4-6-15(9-14)21(25)26)22(33)30-23-28-12-16(13-29-23)17-7-2-3-8-19(17)38(27,34)35;3-2(4,5)1(6)7/h2-9,12-13H,10-11H2,1H3,(H3,25,26)(H2,27,34,35)(H,28,29,30,33);(H,6,7)/t24-;/m1./s1. The number of hydrogen-bond acceptors (Lipinski definition) is 11. The number of anilines is 1. The molecule has 0 aliphatic carbocycles. The molecule has 1 aromatic heterocycles. The van der Waals surface area contributed by atoms with Crippen LogP contribution < -0.4 is 26.7 Å². The summed E-state index contributed by atoms with van der Waals surface area (Å²) in [7, 11) is -2.80. The first-order valence-electron chi connectivity index (χ1n) is 12.3. The number of oxime groups is 1. The highest BCUT2D eigenvalue weighted by Crippen LogP contribution is 2.32. The lowest BCUT2D eigenvalue weighted by Crippen LogP contribution is -2.46. The van der Waals surface area contributed by atoms with Gasteiger partial charge in [-0.15, -0.1) is 0 Å². The van der Waals surface area contributed by atoms with Crippen LogP contribution in [0.3, 0.4) is 0 Å². The molecule has 1 atom stereocenters. The maximum atomic E-state index is 13.3. The number of sulfonamides is 1. The first-order chi connectivity index (χ1) is 21.0. The Bertz CT molecular complexity index is 1770. The predicted molar refractivity (Wildman–Crippen MR) is 147 cm³/mol. The second-order valence-electron chi connectivity index (χ2n) is 9.17. The number of ether oxygens (including phenoxy) is 1. The zero-order valence-electron chi connectivity index (χ0n) is 23.1. The summed E-state index contributed by atoms with van der Waals surface area (Å²) in [4.78, 5) is 48.0. The van der Waals surface area contributed by atoms with E-state index in [0.29, 0.717) is 28.0 Å². The van der Waals surface area contributed by atoms with Crippen LogP contribution in [0.2, 0.25) is 0 Å². The lowest BCUT2D eigenvalue weighted by molar-refractivity contribution is -0.344. The molecular weight excluding hydrogens is 627 g/mol. The van der Waals surface area contributed by atoms with E-state index in [1.54, 1.807) is 36.4 Å². The van der Waals surface area contributed by atoms with Gasteiger partial charge in [-0.25, -0.2) is 23.5 Å². The van der Waals surface area contributed by atoms with Crippen LogP contribution in [0.25, 0.3) is 11.1 Å². The number of carbonyl (C=O) groups is 3. The number of carbonyl (C=O) groups excluding carboxylic acids is 3. The Kier molecular flexibility index (Phi) is 10.2. The summed E-state index contributed by atoms with van der Waals surface area (Å²) < 4.78 is 60.1. The summed E-state index contributed by atoms with van der Waals surface area (Å²) in [5.41, 5.74) is 6.15. The Morgan fingerprint density at radius 3 is 2.29 bits per heavy atom. The van der Waals surface area contributed by atoms with E-state index in [4.69, 9.17) is 35.8 Å². The number of amidine groups is 1. The van der Waals surface area contributed by atoms with Gasteiger partial charge in [0.25, 0.3) is 11.7 Å². The average molecular weight is 652 g/mol. The molecule has 3 aromatic rings. The van der Waals surface area contributed by atoms with Crippen LogP contribution in [0.5, 0.6) is 0 Å². The van der Waals surface area contributed by atoms with Crippen molar-refractivity contribution in [1.82, 2.24) is 9.97 Å². The molecule has 4 rings (SSSR count). The van der Waals surface area contributed by atoms with Gasteiger partial charge in [0.1, 0.15) is 5.97 Å². The molecule has 2 heterocycles. The number of nitrogens with one attached hydrogen (secondary N) is 1. The van der Waals surface area contributed by atoms with E-state index in [-0.39, 0.29) is 23.1 Å². The van der Waals surface area contributed by atoms with Crippen molar-refractivity contribution in [3.63, 3.8) is 0 Å². The third-order valence-corrected chi connectivity index (χ3v) is 6.97. The number of amides is 1. The summed E-state index contributed by atoms with van der Waals surface area (Å²) >= 11 is 0. The molecule has 0 unspecified atom stereocenters. The first kappa shape index (κ1) is 34.1. The quantitative estimate of drug-likeness (QED) is 0.125. The van der Waals surface area contributed by atoms with Gasteiger partial charge in [0.2, 0.25) is 21.6 Å². The summed E-state index contributed by atoms with van der Waals surface area (Å²) in [5.74, 6) is -4.44. The van der Waals surface area contributed by atoms with Gasteiger partial charge >= 0.3 is 12.1 Å². The van der Waals surface area contributed by atoms with Gasteiger partial charge in [-0.1, -0.05) is 35.5 Å². The smallest absolute Gasteiger partial charge is 0.430 e. The van der Waals surface area contributed by atoms with E-state index in [9.17, 15) is 31.2 Å². The number of carboxylic acid groups (broad SMARTS) is 1. The number of carboxylic acids is 1. The molecule has 0 saturated heterocycles. The minimum Gasteiger partial charge on any atom is -0.542 e. The predicted octanol–water partition coefficient (Wildman–Crippen LogP) is -1.38.